The average Bonchev–Trinajstić information content (AvgIpc) is 2.13. The lowest BCUT2D eigenvalue weighted by Crippen LogP contribution is -2.12. The minimum absolute atomic E-state index is 0.145. The van der Waals surface area contributed by atoms with Crippen LogP contribution in [0.5, 0.6) is 0 Å². The Kier molecular flexibility index (Phi) is 3.31. The number of aromatic carboxylic acids is 1. The topological polar surface area (TPSA) is 37.3 Å². The van der Waals surface area contributed by atoms with Crippen LogP contribution in [-0.2, 0) is 0 Å². The summed E-state index contributed by atoms with van der Waals surface area (Å²) < 4.78 is 27.6. The Morgan fingerprint density at radius 1 is 1.12 bits per heavy atom. The summed E-state index contributed by atoms with van der Waals surface area (Å²) in [5.41, 5.74) is -0.238. The number of halogens is 2. The van der Waals surface area contributed by atoms with Crippen LogP contribution in [0.4, 0.5) is 8.78 Å². The molecule has 1 aromatic carbocycles. The Morgan fingerprint density at radius 2 is 1.62 bits per heavy atom. The number of carboxylic acid groups (broad SMARTS) is 1. The van der Waals surface area contributed by atoms with Crippen LogP contribution in [0.2, 0.25) is 0 Å². The van der Waals surface area contributed by atoms with Gasteiger partial charge in [0.05, 0.1) is 5.56 Å². The normalized spacial score (nSPS) is 10.9. The second-order valence-corrected chi connectivity index (χ2v) is 4.13. The van der Waals surface area contributed by atoms with Gasteiger partial charge in [0.2, 0.25) is 0 Å². The van der Waals surface area contributed by atoms with Crippen molar-refractivity contribution in [3.63, 3.8) is 0 Å². The molecule has 1 rings (SSSR count). The third-order valence-corrected chi connectivity index (χ3v) is 2.75. The number of rotatable bonds is 2. The van der Waals surface area contributed by atoms with E-state index in [1.807, 2.05) is 0 Å². The highest BCUT2D eigenvalue weighted by molar-refractivity contribution is 5.90. The molecule has 1 aromatic rings. The van der Waals surface area contributed by atoms with E-state index in [1.165, 1.54) is 13.8 Å². The van der Waals surface area contributed by atoms with E-state index in [2.05, 4.69) is 0 Å². The monoisotopic (exact) mass is 228 g/mol. The van der Waals surface area contributed by atoms with Gasteiger partial charge in [-0.25, -0.2) is 13.6 Å². The quantitative estimate of drug-likeness (QED) is 0.842. The standard InChI is InChI=1S/C12H14F2O2/c1-5(2)8-10(13)7(4)6(3)9(11(8)14)12(15)16/h5H,1-4H3,(H,15,16). The fourth-order valence-corrected chi connectivity index (χ4v) is 1.71. The first-order chi connectivity index (χ1) is 7.29. The summed E-state index contributed by atoms with van der Waals surface area (Å²) in [6.07, 6.45) is 0. The van der Waals surface area contributed by atoms with Crippen LogP contribution in [-0.4, -0.2) is 11.1 Å². The lowest BCUT2D eigenvalue weighted by Gasteiger charge is -2.15. The van der Waals surface area contributed by atoms with Gasteiger partial charge in [0, 0.05) is 5.56 Å². The molecule has 0 aliphatic carbocycles. The highest BCUT2D eigenvalue weighted by Crippen LogP contribution is 2.30. The summed E-state index contributed by atoms with van der Waals surface area (Å²) in [6.45, 7) is 6.13. The van der Waals surface area contributed by atoms with E-state index >= 15 is 0 Å². The third kappa shape index (κ3) is 1.79. The van der Waals surface area contributed by atoms with Gasteiger partial charge in [0.1, 0.15) is 11.6 Å². The van der Waals surface area contributed by atoms with E-state index in [0.717, 1.165) is 0 Å². The van der Waals surface area contributed by atoms with Crippen LogP contribution in [0.3, 0.4) is 0 Å². The molecule has 0 unspecified atom stereocenters. The molecule has 0 atom stereocenters. The van der Waals surface area contributed by atoms with Crippen molar-refractivity contribution in [2.75, 3.05) is 0 Å². The maximum Gasteiger partial charge on any atom is 0.338 e. The molecule has 0 aliphatic heterocycles. The molecule has 1 N–H and O–H groups in total. The predicted molar refractivity (Wildman–Crippen MR) is 56.9 cm³/mol. The number of hydrogen-bond donors (Lipinski definition) is 1. The van der Waals surface area contributed by atoms with Gasteiger partial charge in [0.15, 0.2) is 0 Å². The van der Waals surface area contributed by atoms with Crippen molar-refractivity contribution in [1.29, 1.82) is 0 Å². The first-order valence-corrected chi connectivity index (χ1v) is 5.00. The van der Waals surface area contributed by atoms with Gasteiger partial charge >= 0.3 is 5.97 Å². The SMILES string of the molecule is Cc1c(C)c(C(=O)O)c(F)c(C(C)C)c1F. The second kappa shape index (κ2) is 4.20. The van der Waals surface area contributed by atoms with Crippen LogP contribution < -0.4 is 0 Å². The van der Waals surface area contributed by atoms with E-state index < -0.39 is 29.1 Å². The first-order valence-electron chi connectivity index (χ1n) is 5.00. The smallest absolute Gasteiger partial charge is 0.338 e. The zero-order valence-electron chi connectivity index (χ0n) is 9.69. The Balaban J connectivity index is 3.73. The van der Waals surface area contributed by atoms with Crippen molar-refractivity contribution in [1.82, 2.24) is 0 Å². The summed E-state index contributed by atoms with van der Waals surface area (Å²) in [4.78, 5) is 10.9. The average molecular weight is 228 g/mol. The molecule has 0 heterocycles. The molecule has 16 heavy (non-hydrogen) atoms. The largest absolute Gasteiger partial charge is 0.478 e. The molecule has 0 saturated carbocycles. The van der Waals surface area contributed by atoms with Crippen molar-refractivity contribution in [2.45, 2.75) is 33.6 Å². The zero-order chi connectivity index (χ0) is 12.6. The summed E-state index contributed by atoms with van der Waals surface area (Å²) >= 11 is 0. The minimum Gasteiger partial charge on any atom is -0.478 e. The van der Waals surface area contributed by atoms with Crippen molar-refractivity contribution >= 4 is 5.97 Å². The maximum atomic E-state index is 13.9. The molecule has 88 valence electrons. The van der Waals surface area contributed by atoms with Crippen LogP contribution in [0, 0.1) is 25.5 Å². The maximum absolute atomic E-state index is 13.9. The van der Waals surface area contributed by atoms with E-state index in [9.17, 15) is 13.6 Å². The van der Waals surface area contributed by atoms with Crippen LogP contribution in [0.15, 0.2) is 0 Å². The Bertz CT molecular complexity index is 451. The highest BCUT2D eigenvalue weighted by Gasteiger charge is 2.25. The lowest BCUT2D eigenvalue weighted by atomic mass is 9.92. The van der Waals surface area contributed by atoms with Crippen LogP contribution in [0.1, 0.15) is 46.8 Å². The van der Waals surface area contributed by atoms with Crippen LogP contribution >= 0.6 is 0 Å². The molecule has 0 bridgehead atoms. The van der Waals surface area contributed by atoms with Gasteiger partial charge in [-0.05, 0) is 30.9 Å². The summed E-state index contributed by atoms with van der Waals surface area (Å²) in [6, 6.07) is 0. The molecule has 0 aliphatic rings. The van der Waals surface area contributed by atoms with Gasteiger partial charge in [0.25, 0.3) is 0 Å². The molecular weight excluding hydrogens is 214 g/mol. The molecule has 0 radical (unpaired) electrons. The third-order valence-electron chi connectivity index (χ3n) is 2.75. The molecule has 0 saturated heterocycles. The number of carbonyl (C=O) groups is 1. The van der Waals surface area contributed by atoms with E-state index in [0.29, 0.717) is 0 Å². The summed E-state index contributed by atoms with van der Waals surface area (Å²) in [7, 11) is 0. The van der Waals surface area contributed by atoms with E-state index in [-0.39, 0.29) is 16.7 Å². The molecule has 4 heteroatoms. The fourth-order valence-electron chi connectivity index (χ4n) is 1.71. The van der Waals surface area contributed by atoms with Gasteiger partial charge in [-0.2, -0.15) is 0 Å². The first kappa shape index (κ1) is 12.6. The Morgan fingerprint density at radius 3 is 2.00 bits per heavy atom. The number of carboxylic acids is 1. The minimum atomic E-state index is -1.36. The fraction of sp³-hybridized carbons (Fsp3) is 0.417. The number of benzene rings is 1. The van der Waals surface area contributed by atoms with E-state index in [1.54, 1.807) is 13.8 Å². The van der Waals surface area contributed by atoms with Crippen molar-refractivity contribution < 1.29 is 18.7 Å². The summed E-state index contributed by atoms with van der Waals surface area (Å²) in [5.74, 6) is -3.35. The molecule has 2 nitrogen and oxygen atoms in total. The Labute approximate surface area is 92.9 Å². The molecule has 0 fully saturated rings. The molecule has 0 amide bonds. The predicted octanol–water partition coefficient (Wildman–Crippen LogP) is 3.40. The van der Waals surface area contributed by atoms with Gasteiger partial charge in [-0.3, -0.25) is 0 Å². The van der Waals surface area contributed by atoms with Crippen molar-refractivity contribution in [3.05, 3.63) is 33.9 Å². The van der Waals surface area contributed by atoms with E-state index in [4.69, 9.17) is 5.11 Å². The number of hydrogen-bond acceptors (Lipinski definition) is 1. The zero-order valence-corrected chi connectivity index (χ0v) is 9.69. The lowest BCUT2D eigenvalue weighted by molar-refractivity contribution is 0.0690. The second-order valence-electron chi connectivity index (χ2n) is 4.13. The molecule has 0 spiro atoms. The van der Waals surface area contributed by atoms with Gasteiger partial charge in [-0.1, -0.05) is 13.8 Å². The molecular formula is C12H14F2O2. The van der Waals surface area contributed by atoms with Gasteiger partial charge < -0.3 is 5.11 Å². The summed E-state index contributed by atoms with van der Waals surface area (Å²) in [5, 5.41) is 8.91. The highest BCUT2D eigenvalue weighted by atomic mass is 19.1. The van der Waals surface area contributed by atoms with Crippen molar-refractivity contribution in [3.8, 4) is 0 Å². The van der Waals surface area contributed by atoms with Gasteiger partial charge in [-0.15, -0.1) is 0 Å². The van der Waals surface area contributed by atoms with Crippen molar-refractivity contribution in [2.24, 2.45) is 0 Å². The Hall–Kier alpha value is -1.45. The van der Waals surface area contributed by atoms with Crippen LogP contribution in [0.25, 0.3) is 0 Å². The molecule has 0 aromatic heterocycles.